The van der Waals surface area contributed by atoms with Crippen molar-refractivity contribution in [3.63, 3.8) is 0 Å². The Kier molecular flexibility index (Phi) is 12.6. The number of amides is 2. The van der Waals surface area contributed by atoms with E-state index in [1.165, 1.54) is 6.07 Å². The second-order valence-corrected chi connectivity index (χ2v) is 16.4. The molecule has 0 atom stereocenters. The molecule has 0 unspecified atom stereocenters. The van der Waals surface area contributed by atoms with E-state index in [-0.39, 0.29) is 34.8 Å². The fourth-order valence-corrected chi connectivity index (χ4v) is 5.94. The van der Waals surface area contributed by atoms with Crippen molar-refractivity contribution in [1.29, 1.82) is 0 Å². The third-order valence-corrected chi connectivity index (χ3v) is 8.71. The summed E-state index contributed by atoms with van der Waals surface area (Å²) < 4.78 is 17.9. The van der Waals surface area contributed by atoms with Crippen molar-refractivity contribution in [1.82, 2.24) is 40.2 Å². The number of carbonyl (C=O) groups is 2. The molecule has 6 aromatic rings. The van der Waals surface area contributed by atoms with Crippen LogP contribution in [-0.4, -0.2) is 52.4 Å². The van der Waals surface area contributed by atoms with Crippen LogP contribution in [0.1, 0.15) is 94.6 Å². The highest BCUT2D eigenvalue weighted by Gasteiger charge is 2.21. The maximum Gasteiger partial charge on any atom is 0.251 e. The van der Waals surface area contributed by atoms with Crippen LogP contribution in [0.15, 0.2) is 91.3 Å². The van der Waals surface area contributed by atoms with Crippen molar-refractivity contribution in [3.8, 4) is 45.3 Å². The minimum atomic E-state index is -0.379. The van der Waals surface area contributed by atoms with Gasteiger partial charge in [-0.05, 0) is 129 Å². The van der Waals surface area contributed by atoms with Gasteiger partial charge in [0.05, 0.1) is 34.2 Å². The molecule has 0 saturated carbocycles. The first-order valence-corrected chi connectivity index (χ1v) is 19.0. The van der Waals surface area contributed by atoms with E-state index >= 15 is 0 Å². The molecule has 0 aliphatic carbocycles. The lowest BCUT2D eigenvalue weighted by Crippen LogP contribution is -2.40. The van der Waals surface area contributed by atoms with E-state index in [4.69, 9.17) is 21.6 Å². The summed E-state index contributed by atoms with van der Waals surface area (Å²) in [4.78, 5) is 35.2. The molecule has 2 aromatic carbocycles. The van der Waals surface area contributed by atoms with Gasteiger partial charge in [0.25, 0.3) is 11.8 Å². The van der Waals surface area contributed by atoms with Crippen molar-refractivity contribution < 1.29 is 14.0 Å². The van der Waals surface area contributed by atoms with Crippen LogP contribution in [0.2, 0.25) is 5.02 Å². The maximum atomic E-state index is 14.2. The first-order valence-electron chi connectivity index (χ1n) is 18.6. The first-order chi connectivity index (χ1) is 26.3. The van der Waals surface area contributed by atoms with Crippen molar-refractivity contribution in [2.24, 2.45) is 0 Å². The number of aromatic nitrogens is 6. The van der Waals surface area contributed by atoms with E-state index in [9.17, 15) is 14.0 Å². The number of hydrogen-bond acceptors (Lipinski definition) is 6. The number of aryl methyl sites for hydroxylation is 2. The summed E-state index contributed by atoms with van der Waals surface area (Å²) in [7, 11) is 0. The van der Waals surface area contributed by atoms with Crippen LogP contribution >= 0.6 is 11.6 Å². The van der Waals surface area contributed by atoms with Crippen LogP contribution in [0, 0.1) is 12.7 Å². The van der Waals surface area contributed by atoms with Gasteiger partial charge in [-0.25, -0.2) is 14.4 Å². The molecule has 4 aromatic heterocycles. The minimum Gasteiger partial charge on any atom is -0.347 e. The summed E-state index contributed by atoms with van der Waals surface area (Å²) in [5, 5.41) is 15.3. The van der Waals surface area contributed by atoms with Crippen molar-refractivity contribution in [3.05, 3.63) is 119 Å². The molecular weight excluding hydrogens is 727 g/mol. The van der Waals surface area contributed by atoms with Crippen LogP contribution in [0.4, 0.5) is 4.39 Å². The Hall–Kier alpha value is -5.68. The van der Waals surface area contributed by atoms with Crippen LogP contribution in [0.3, 0.4) is 0 Å². The van der Waals surface area contributed by atoms with Gasteiger partial charge in [0, 0.05) is 63.3 Å². The van der Waals surface area contributed by atoms with Gasteiger partial charge in [0.2, 0.25) is 0 Å². The van der Waals surface area contributed by atoms with Crippen LogP contribution in [0.5, 0.6) is 0 Å². The summed E-state index contributed by atoms with van der Waals surface area (Å²) in [6, 6.07) is 23.4. The molecule has 2 N–H and O–H groups in total. The SMILES string of the molecule is CCn1nccc1-c1cc(C(=O)NC(C)(C)C)cc(-c2ccc(Cl)cc2)n1.Cc1ccc(-c2cc(C(=O)NC(C)(C)C)cc(-c3ccnn3C(C)C)n2)cc1F. The second kappa shape index (κ2) is 17.0. The third-order valence-electron chi connectivity index (χ3n) is 8.46. The zero-order valence-electron chi connectivity index (χ0n) is 33.7. The predicted octanol–water partition coefficient (Wildman–Crippen LogP) is 9.98. The van der Waals surface area contributed by atoms with Crippen LogP contribution in [0.25, 0.3) is 45.3 Å². The normalized spacial score (nSPS) is 11.6. The standard InChI is InChI=1S/C23H27FN4O.C21H23ClN4O/c1-14(2)28-21(9-10-25-28)20-13-17(22(29)27-23(4,5)6)12-19(26-20)16-8-7-15(3)18(24)11-16;1-5-26-19(10-11-23-26)18-13-15(20(27)25-21(2,3)4)12-17(24-18)14-6-8-16(22)9-7-14/h7-14H,1-6H3,(H,27,29);6-13H,5H2,1-4H3,(H,25,27). The number of rotatable bonds is 8. The summed E-state index contributed by atoms with van der Waals surface area (Å²) in [6.07, 6.45) is 3.45. The highest BCUT2D eigenvalue weighted by atomic mass is 35.5. The zero-order valence-corrected chi connectivity index (χ0v) is 34.5. The van der Waals surface area contributed by atoms with Gasteiger partial charge in [-0.1, -0.05) is 35.9 Å². The van der Waals surface area contributed by atoms with Gasteiger partial charge < -0.3 is 10.6 Å². The molecule has 292 valence electrons. The van der Waals surface area contributed by atoms with Gasteiger partial charge in [0.1, 0.15) is 5.82 Å². The Bertz CT molecular complexity index is 2330. The molecule has 6 rings (SSSR count). The number of nitrogens with one attached hydrogen (secondary N) is 2. The number of hydrogen-bond donors (Lipinski definition) is 2. The number of benzene rings is 2. The van der Waals surface area contributed by atoms with Gasteiger partial charge in [-0.3, -0.25) is 19.0 Å². The Morgan fingerprint density at radius 3 is 1.70 bits per heavy atom. The van der Waals surface area contributed by atoms with Gasteiger partial charge in [-0.2, -0.15) is 10.2 Å². The first kappa shape index (κ1) is 41.5. The molecular formula is C44H50ClFN8O2. The van der Waals surface area contributed by atoms with Gasteiger partial charge in [0.15, 0.2) is 0 Å². The zero-order chi connectivity index (χ0) is 40.9. The number of halogens is 2. The van der Waals surface area contributed by atoms with E-state index in [2.05, 4.69) is 20.8 Å². The number of nitrogens with zero attached hydrogens (tertiary/aromatic N) is 6. The molecule has 12 heteroatoms. The lowest BCUT2D eigenvalue weighted by molar-refractivity contribution is 0.0910. The summed E-state index contributed by atoms with van der Waals surface area (Å²) in [5.74, 6) is -0.642. The van der Waals surface area contributed by atoms with Gasteiger partial charge >= 0.3 is 0 Å². The Balaban J connectivity index is 0.000000215. The molecule has 2 amide bonds. The molecule has 10 nitrogen and oxygen atoms in total. The van der Waals surface area contributed by atoms with Crippen LogP contribution in [-0.2, 0) is 6.54 Å². The van der Waals surface area contributed by atoms with Crippen molar-refractivity contribution in [2.75, 3.05) is 0 Å². The van der Waals surface area contributed by atoms with Crippen LogP contribution < -0.4 is 10.6 Å². The monoisotopic (exact) mass is 776 g/mol. The van der Waals surface area contributed by atoms with Crippen molar-refractivity contribution >= 4 is 23.4 Å². The number of carbonyl (C=O) groups excluding carboxylic acids is 2. The molecule has 56 heavy (non-hydrogen) atoms. The molecule has 0 spiro atoms. The third kappa shape index (κ3) is 10.5. The Morgan fingerprint density at radius 1 is 0.696 bits per heavy atom. The van der Waals surface area contributed by atoms with E-state index in [1.807, 2.05) is 120 Å². The molecule has 0 aliphatic heterocycles. The molecule has 0 fully saturated rings. The Morgan fingerprint density at radius 2 is 1.18 bits per heavy atom. The summed E-state index contributed by atoms with van der Waals surface area (Å²) in [6.45, 7) is 20.2. The fourth-order valence-electron chi connectivity index (χ4n) is 5.81. The maximum absolute atomic E-state index is 14.2. The van der Waals surface area contributed by atoms with E-state index < -0.39 is 0 Å². The highest BCUT2D eigenvalue weighted by molar-refractivity contribution is 6.30. The predicted molar refractivity (Wildman–Crippen MR) is 222 cm³/mol. The topological polar surface area (TPSA) is 120 Å². The van der Waals surface area contributed by atoms with E-state index in [0.29, 0.717) is 50.1 Å². The highest BCUT2D eigenvalue weighted by Crippen LogP contribution is 2.29. The largest absolute Gasteiger partial charge is 0.347 e. The summed E-state index contributed by atoms with van der Waals surface area (Å²) in [5.41, 5.74) is 6.66. The van der Waals surface area contributed by atoms with E-state index in [0.717, 1.165) is 23.5 Å². The molecule has 0 aliphatic rings. The lowest BCUT2D eigenvalue weighted by atomic mass is 10.0. The summed E-state index contributed by atoms with van der Waals surface area (Å²) >= 11 is 6.01. The average molecular weight is 777 g/mol. The fraction of sp³-hybridized carbons (Fsp3) is 0.318. The smallest absolute Gasteiger partial charge is 0.251 e. The van der Waals surface area contributed by atoms with E-state index in [1.54, 1.807) is 43.6 Å². The van der Waals surface area contributed by atoms with Crippen molar-refractivity contribution in [2.45, 2.75) is 92.9 Å². The lowest BCUT2D eigenvalue weighted by Gasteiger charge is -2.21. The molecule has 4 heterocycles. The Labute approximate surface area is 333 Å². The molecule has 0 bridgehead atoms. The molecule has 0 radical (unpaired) electrons. The van der Waals surface area contributed by atoms with Gasteiger partial charge in [-0.15, -0.1) is 0 Å². The number of pyridine rings is 2. The average Bonchev–Trinajstić information content (AvgIpc) is 3.82. The quantitative estimate of drug-likeness (QED) is 0.159. The molecule has 0 saturated heterocycles. The minimum absolute atomic E-state index is 0.133. The second-order valence-electron chi connectivity index (χ2n) is 15.9.